The maximum absolute atomic E-state index is 6.65. The average Bonchev–Trinajstić information content (AvgIpc) is 3.73. The van der Waals surface area contributed by atoms with E-state index in [9.17, 15) is 0 Å². The molecule has 0 atom stereocenters. The van der Waals surface area contributed by atoms with Gasteiger partial charge < -0.3 is 9.32 Å². The summed E-state index contributed by atoms with van der Waals surface area (Å²) >= 11 is 0. The fraction of sp³-hybridized carbons (Fsp3) is 0. The van der Waals surface area contributed by atoms with Gasteiger partial charge in [-0.05, 0) is 112 Å². The number of aromatic nitrogens is 2. The number of hydrogen-bond acceptors (Lipinski definition) is 4. The molecule has 0 fully saturated rings. The minimum Gasteiger partial charge on any atom is -0.456 e. The molecule has 11 aromatic rings. The zero-order valence-corrected chi connectivity index (χ0v) is 33.8. The number of benzene rings is 9. The largest absolute Gasteiger partial charge is 0.456 e. The first-order valence-electron chi connectivity index (χ1n) is 20.9. The minimum atomic E-state index is 0.635. The molecule has 0 N–H and O–H groups in total. The topological polar surface area (TPSA) is 42.2 Å². The van der Waals surface area contributed by atoms with Crippen LogP contribution in [0.25, 0.3) is 89.2 Å². The van der Waals surface area contributed by atoms with E-state index in [1.54, 1.807) is 0 Å². The molecule has 0 aliphatic carbocycles. The zero-order valence-electron chi connectivity index (χ0n) is 33.8. The summed E-state index contributed by atoms with van der Waals surface area (Å²) in [6.45, 7) is 0. The van der Waals surface area contributed by atoms with Gasteiger partial charge in [-0.3, -0.25) is 0 Å². The molecular weight excluding hydrogens is 755 g/mol. The van der Waals surface area contributed by atoms with Crippen molar-refractivity contribution in [3.8, 4) is 67.3 Å². The van der Waals surface area contributed by atoms with Crippen LogP contribution in [0.15, 0.2) is 241 Å². The van der Waals surface area contributed by atoms with Crippen molar-refractivity contribution in [2.45, 2.75) is 0 Å². The quantitative estimate of drug-likeness (QED) is 0.146. The van der Waals surface area contributed by atoms with Crippen LogP contribution in [0.1, 0.15) is 0 Å². The lowest BCUT2D eigenvalue weighted by Crippen LogP contribution is -2.09. The molecule has 292 valence electrons. The second-order valence-electron chi connectivity index (χ2n) is 15.4. The van der Waals surface area contributed by atoms with E-state index in [2.05, 4.69) is 217 Å². The Bertz CT molecular complexity index is 3190. The highest BCUT2D eigenvalue weighted by atomic mass is 16.3. The molecule has 0 radical (unpaired) electrons. The lowest BCUT2D eigenvalue weighted by Gasteiger charge is -2.25. The van der Waals surface area contributed by atoms with Gasteiger partial charge >= 0.3 is 0 Å². The highest BCUT2D eigenvalue weighted by Crippen LogP contribution is 2.39. The van der Waals surface area contributed by atoms with Crippen molar-refractivity contribution in [3.63, 3.8) is 0 Å². The highest BCUT2D eigenvalue weighted by molar-refractivity contribution is 6.07. The number of rotatable bonds is 9. The zero-order chi connectivity index (χ0) is 41.2. The van der Waals surface area contributed by atoms with Crippen molar-refractivity contribution < 1.29 is 4.42 Å². The van der Waals surface area contributed by atoms with Gasteiger partial charge in [-0.1, -0.05) is 158 Å². The summed E-state index contributed by atoms with van der Waals surface area (Å²) in [5.41, 5.74) is 16.4. The molecule has 0 saturated carbocycles. The van der Waals surface area contributed by atoms with Crippen LogP contribution >= 0.6 is 0 Å². The molecule has 0 amide bonds. The van der Waals surface area contributed by atoms with E-state index in [0.717, 1.165) is 100 Å². The van der Waals surface area contributed by atoms with E-state index in [4.69, 9.17) is 14.4 Å². The van der Waals surface area contributed by atoms with Gasteiger partial charge in [0.15, 0.2) is 5.82 Å². The van der Waals surface area contributed by atoms with Crippen LogP contribution in [0.3, 0.4) is 0 Å². The van der Waals surface area contributed by atoms with E-state index < -0.39 is 0 Å². The van der Waals surface area contributed by atoms with Gasteiger partial charge in [0.05, 0.1) is 11.4 Å². The third-order valence-corrected chi connectivity index (χ3v) is 11.5. The Labute approximate surface area is 360 Å². The highest BCUT2D eigenvalue weighted by Gasteiger charge is 2.16. The number of nitrogens with zero attached hydrogens (tertiary/aromatic N) is 3. The second-order valence-corrected chi connectivity index (χ2v) is 15.4. The van der Waals surface area contributed by atoms with E-state index >= 15 is 0 Å². The Balaban J connectivity index is 0.965. The predicted molar refractivity (Wildman–Crippen MR) is 257 cm³/mol. The number of para-hydroxylation sites is 2. The monoisotopic (exact) mass is 793 g/mol. The summed E-state index contributed by atoms with van der Waals surface area (Å²) in [7, 11) is 0. The number of anilines is 3. The lowest BCUT2D eigenvalue weighted by atomic mass is 9.99. The Morgan fingerprint density at radius 3 is 1.16 bits per heavy atom. The molecule has 9 aromatic carbocycles. The summed E-state index contributed by atoms with van der Waals surface area (Å²) in [6.07, 6.45) is 0. The molecule has 4 nitrogen and oxygen atoms in total. The molecule has 62 heavy (non-hydrogen) atoms. The summed E-state index contributed by atoms with van der Waals surface area (Å²) in [6, 6.07) is 82.7. The molecule has 2 aromatic heterocycles. The molecule has 0 spiro atoms. The van der Waals surface area contributed by atoms with Crippen LogP contribution in [0.5, 0.6) is 0 Å². The first-order chi connectivity index (χ1) is 30.7. The lowest BCUT2D eigenvalue weighted by molar-refractivity contribution is 0.669. The maximum atomic E-state index is 6.65. The Morgan fingerprint density at radius 2 is 0.645 bits per heavy atom. The molecule has 0 aliphatic rings. The Morgan fingerprint density at radius 1 is 0.274 bits per heavy atom. The van der Waals surface area contributed by atoms with Crippen molar-refractivity contribution in [2.75, 3.05) is 4.90 Å². The summed E-state index contributed by atoms with van der Waals surface area (Å²) in [5, 5.41) is 2.12. The van der Waals surface area contributed by atoms with Crippen LogP contribution < -0.4 is 4.90 Å². The number of fused-ring (bicyclic) bond motifs is 3. The Kier molecular flexibility index (Phi) is 9.49. The molecule has 0 saturated heterocycles. The van der Waals surface area contributed by atoms with Crippen LogP contribution in [0, 0.1) is 0 Å². The molecule has 0 unspecified atom stereocenters. The predicted octanol–water partition coefficient (Wildman–Crippen LogP) is 15.8. The molecule has 2 heterocycles. The van der Waals surface area contributed by atoms with Crippen LogP contribution in [-0.4, -0.2) is 9.97 Å². The molecule has 0 aliphatic heterocycles. The normalized spacial score (nSPS) is 11.2. The van der Waals surface area contributed by atoms with Crippen molar-refractivity contribution in [3.05, 3.63) is 237 Å². The van der Waals surface area contributed by atoms with Gasteiger partial charge in [0, 0.05) is 44.5 Å². The summed E-state index contributed by atoms with van der Waals surface area (Å²) in [5.74, 6) is 0.635. The van der Waals surface area contributed by atoms with Gasteiger partial charge in [-0.2, -0.15) is 0 Å². The van der Waals surface area contributed by atoms with Crippen molar-refractivity contribution in [1.82, 2.24) is 9.97 Å². The van der Waals surface area contributed by atoms with Crippen molar-refractivity contribution in [1.29, 1.82) is 0 Å². The van der Waals surface area contributed by atoms with Crippen LogP contribution in [0.4, 0.5) is 17.1 Å². The van der Waals surface area contributed by atoms with Crippen molar-refractivity contribution >= 4 is 39.0 Å². The minimum absolute atomic E-state index is 0.635. The molecule has 4 heteroatoms. The standard InChI is InChI=1S/C58H39N3O/c1-5-15-40(16-6-1)43-19-13-21-46(35-43)54-39-55(47-22-14-20-44(36-47)41-17-7-2-8-18-41)60-58(59-54)48-30-34-53-52-33-29-45(37-56(52)62-57(53)38-48)42-27-31-51(32-28-42)61(49-23-9-3-10-24-49)50-25-11-4-12-26-50/h1-39H. The number of hydrogen-bond donors (Lipinski definition) is 0. The fourth-order valence-electron chi connectivity index (χ4n) is 8.35. The number of furan rings is 1. The first kappa shape index (κ1) is 36.7. The van der Waals surface area contributed by atoms with Crippen molar-refractivity contribution in [2.24, 2.45) is 0 Å². The maximum Gasteiger partial charge on any atom is 0.160 e. The second kappa shape index (κ2) is 16.0. The summed E-state index contributed by atoms with van der Waals surface area (Å²) < 4.78 is 6.65. The third-order valence-electron chi connectivity index (χ3n) is 11.5. The van der Waals surface area contributed by atoms with Gasteiger partial charge in [-0.25, -0.2) is 9.97 Å². The smallest absolute Gasteiger partial charge is 0.160 e. The van der Waals surface area contributed by atoms with E-state index in [0.29, 0.717) is 5.82 Å². The summed E-state index contributed by atoms with van der Waals surface area (Å²) in [4.78, 5) is 12.7. The fourth-order valence-corrected chi connectivity index (χ4v) is 8.35. The molecule has 0 bridgehead atoms. The van der Waals surface area contributed by atoms with E-state index in [1.807, 2.05) is 24.3 Å². The average molecular weight is 794 g/mol. The molecule has 11 rings (SSSR count). The molecular formula is C58H39N3O. The van der Waals surface area contributed by atoms with E-state index in [1.165, 1.54) is 0 Å². The van der Waals surface area contributed by atoms with Gasteiger partial charge in [-0.15, -0.1) is 0 Å². The third kappa shape index (κ3) is 7.20. The first-order valence-corrected chi connectivity index (χ1v) is 20.9. The van der Waals surface area contributed by atoms with E-state index in [-0.39, 0.29) is 0 Å². The van der Waals surface area contributed by atoms with Gasteiger partial charge in [0.1, 0.15) is 11.2 Å². The SMILES string of the molecule is c1ccc(-c2cccc(-c3cc(-c4cccc(-c5ccccc5)c4)nc(-c4ccc5c(c4)oc4cc(-c6ccc(N(c7ccccc7)c7ccccc7)cc6)ccc45)n3)c2)cc1. The van der Waals surface area contributed by atoms with Gasteiger partial charge in [0.2, 0.25) is 0 Å². The van der Waals surface area contributed by atoms with Gasteiger partial charge in [0.25, 0.3) is 0 Å². The Hall–Kier alpha value is -8.34. The van der Waals surface area contributed by atoms with Crippen LogP contribution in [-0.2, 0) is 0 Å². The van der Waals surface area contributed by atoms with Crippen LogP contribution in [0.2, 0.25) is 0 Å².